The SMILES string of the molecule is CCNC(=O)c1ccccc1NC(=S)NC(=O)c1ccc(Br)cc1. The number of amides is 2. The summed E-state index contributed by atoms with van der Waals surface area (Å²) in [6.07, 6.45) is 0. The summed E-state index contributed by atoms with van der Waals surface area (Å²) in [5.41, 5.74) is 1.48. The molecule has 0 radical (unpaired) electrons. The molecule has 2 aromatic carbocycles. The molecule has 0 saturated carbocycles. The second-order valence-corrected chi connectivity index (χ2v) is 6.14. The van der Waals surface area contributed by atoms with Crippen molar-refractivity contribution < 1.29 is 9.59 Å². The van der Waals surface area contributed by atoms with Crippen LogP contribution in [0.25, 0.3) is 0 Å². The van der Waals surface area contributed by atoms with Crippen LogP contribution in [0.4, 0.5) is 5.69 Å². The summed E-state index contributed by atoms with van der Waals surface area (Å²) in [6, 6.07) is 13.9. The van der Waals surface area contributed by atoms with Crippen LogP contribution in [0.2, 0.25) is 0 Å². The number of benzene rings is 2. The number of carbonyl (C=O) groups is 2. The van der Waals surface area contributed by atoms with E-state index < -0.39 is 0 Å². The summed E-state index contributed by atoms with van der Waals surface area (Å²) in [7, 11) is 0. The van der Waals surface area contributed by atoms with E-state index in [-0.39, 0.29) is 16.9 Å². The van der Waals surface area contributed by atoms with Gasteiger partial charge in [-0.25, -0.2) is 0 Å². The van der Waals surface area contributed by atoms with Crippen LogP contribution in [0, 0.1) is 0 Å². The van der Waals surface area contributed by atoms with Crippen LogP contribution in [-0.4, -0.2) is 23.5 Å². The van der Waals surface area contributed by atoms with Gasteiger partial charge in [0.25, 0.3) is 11.8 Å². The largest absolute Gasteiger partial charge is 0.352 e. The van der Waals surface area contributed by atoms with Gasteiger partial charge in [-0.05, 0) is 55.5 Å². The van der Waals surface area contributed by atoms with Crippen LogP contribution in [0.15, 0.2) is 53.0 Å². The van der Waals surface area contributed by atoms with Crippen molar-refractivity contribution in [3.8, 4) is 0 Å². The number of hydrogen-bond acceptors (Lipinski definition) is 3. The van der Waals surface area contributed by atoms with Gasteiger partial charge in [0, 0.05) is 16.6 Å². The molecule has 2 rings (SSSR count). The number of carbonyl (C=O) groups excluding carboxylic acids is 2. The zero-order chi connectivity index (χ0) is 17.5. The maximum atomic E-state index is 12.1. The number of thiocarbonyl (C=S) groups is 1. The fourth-order valence-corrected chi connectivity index (χ4v) is 2.44. The zero-order valence-corrected chi connectivity index (χ0v) is 15.3. The van der Waals surface area contributed by atoms with Crippen molar-refractivity contribution in [3.63, 3.8) is 0 Å². The Balaban J connectivity index is 2.06. The minimum atomic E-state index is -0.324. The molecule has 0 aromatic heterocycles. The standard InChI is InChI=1S/C17H16BrN3O2S/c1-2-19-16(23)13-5-3-4-6-14(13)20-17(24)21-15(22)11-7-9-12(18)10-8-11/h3-10H,2H2,1H3,(H,19,23)(H2,20,21,22,24). The number of para-hydroxylation sites is 1. The molecule has 0 bridgehead atoms. The van der Waals surface area contributed by atoms with Gasteiger partial charge in [0.15, 0.2) is 5.11 Å². The highest BCUT2D eigenvalue weighted by atomic mass is 79.9. The fourth-order valence-electron chi connectivity index (χ4n) is 1.98. The van der Waals surface area contributed by atoms with Crippen molar-refractivity contribution in [2.75, 3.05) is 11.9 Å². The predicted octanol–water partition coefficient (Wildman–Crippen LogP) is 3.33. The summed E-state index contributed by atoms with van der Waals surface area (Å²) in [4.78, 5) is 24.2. The Morgan fingerprint density at radius 1 is 1.04 bits per heavy atom. The first kappa shape index (κ1) is 18.1. The van der Waals surface area contributed by atoms with Gasteiger partial charge >= 0.3 is 0 Å². The van der Waals surface area contributed by atoms with E-state index >= 15 is 0 Å². The fraction of sp³-hybridized carbons (Fsp3) is 0.118. The Kier molecular flexibility index (Phi) is 6.45. The lowest BCUT2D eigenvalue weighted by Crippen LogP contribution is -2.35. The van der Waals surface area contributed by atoms with Crippen LogP contribution in [0.3, 0.4) is 0 Å². The molecule has 0 unspecified atom stereocenters. The lowest BCUT2D eigenvalue weighted by molar-refractivity contribution is 0.0954. The quantitative estimate of drug-likeness (QED) is 0.682. The first-order valence-electron chi connectivity index (χ1n) is 7.26. The van der Waals surface area contributed by atoms with Gasteiger partial charge in [0.1, 0.15) is 0 Å². The van der Waals surface area contributed by atoms with Gasteiger partial charge in [-0.1, -0.05) is 28.1 Å². The molecular formula is C17H16BrN3O2S. The van der Waals surface area contributed by atoms with E-state index in [9.17, 15) is 9.59 Å². The highest BCUT2D eigenvalue weighted by Gasteiger charge is 2.12. The van der Waals surface area contributed by atoms with Crippen LogP contribution in [0.1, 0.15) is 27.6 Å². The molecule has 7 heteroatoms. The van der Waals surface area contributed by atoms with Crippen LogP contribution < -0.4 is 16.0 Å². The smallest absolute Gasteiger partial charge is 0.257 e. The first-order valence-corrected chi connectivity index (χ1v) is 8.46. The van der Waals surface area contributed by atoms with Crippen LogP contribution in [-0.2, 0) is 0 Å². The Bertz CT molecular complexity index is 763. The maximum Gasteiger partial charge on any atom is 0.257 e. The number of anilines is 1. The summed E-state index contributed by atoms with van der Waals surface area (Å²) < 4.78 is 0.885. The molecule has 0 aliphatic carbocycles. The van der Waals surface area contributed by atoms with Gasteiger partial charge in [-0.3, -0.25) is 14.9 Å². The molecule has 0 heterocycles. The minimum Gasteiger partial charge on any atom is -0.352 e. The monoisotopic (exact) mass is 405 g/mol. The highest BCUT2D eigenvalue weighted by molar-refractivity contribution is 9.10. The molecule has 2 aromatic rings. The molecule has 0 spiro atoms. The lowest BCUT2D eigenvalue weighted by Gasteiger charge is -2.13. The van der Waals surface area contributed by atoms with Gasteiger partial charge in [-0.2, -0.15) is 0 Å². The summed E-state index contributed by atoms with van der Waals surface area (Å²) in [5.74, 6) is -0.530. The molecule has 124 valence electrons. The van der Waals surface area contributed by atoms with Crippen molar-refractivity contribution in [1.29, 1.82) is 0 Å². The first-order chi connectivity index (χ1) is 11.5. The second kappa shape index (κ2) is 8.56. The zero-order valence-electron chi connectivity index (χ0n) is 12.9. The molecule has 0 atom stereocenters. The molecule has 24 heavy (non-hydrogen) atoms. The van der Waals surface area contributed by atoms with Crippen molar-refractivity contribution in [1.82, 2.24) is 10.6 Å². The Morgan fingerprint density at radius 2 is 1.71 bits per heavy atom. The summed E-state index contributed by atoms with van der Waals surface area (Å²) in [5, 5.41) is 8.35. The molecule has 0 aliphatic heterocycles. The Morgan fingerprint density at radius 3 is 2.38 bits per heavy atom. The van der Waals surface area contributed by atoms with Crippen LogP contribution >= 0.6 is 28.1 Å². The predicted molar refractivity (Wildman–Crippen MR) is 102 cm³/mol. The third-order valence-electron chi connectivity index (χ3n) is 3.09. The molecule has 5 nitrogen and oxygen atoms in total. The average Bonchev–Trinajstić information content (AvgIpc) is 2.56. The van der Waals surface area contributed by atoms with Crippen molar-refractivity contribution >= 4 is 50.8 Å². The minimum absolute atomic E-state index is 0.125. The number of rotatable bonds is 4. The van der Waals surface area contributed by atoms with E-state index in [2.05, 4.69) is 31.9 Å². The molecular weight excluding hydrogens is 390 g/mol. The Hall–Kier alpha value is -2.25. The van der Waals surface area contributed by atoms with E-state index in [0.717, 1.165) is 4.47 Å². The number of hydrogen-bond donors (Lipinski definition) is 3. The van der Waals surface area contributed by atoms with Crippen molar-refractivity contribution in [3.05, 3.63) is 64.1 Å². The van der Waals surface area contributed by atoms with E-state index in [0.29, 0.717) is 23.4 Å². The van der Waals surface area contributed by atoms with Crippen LogP contribution in [0.5, 0.6) is 0 Å². The maximum absolute atomic E-state index is 12.1. The van der Waals surface area contributed by atoms with E-state index in [1.807, 2.05) is 6.92 Å². The van der Waals surface area contributed by atoms with E-state index in [1.54, 1.807) is 48.5 Å². The van der Waals surface area contributed by atoms with Gasteiger partial charge in [-0.15, -0.1) is 0 Å². The molecule has 0 fully saturated rings. The second-order valence-electron chi connectivity index (χ2n) is 4.82. The third kappa shape index (κ3) is 4.87. The van der Waals surface area contributed by atoms with Crippen molar-refractivity contribution in [2.24, 2.45) is 0 Å². The summed E-state index contributed by atoms with van der Waals surface area (Å²) >= 11 is 8.48. The Labute approximate surface area is 154 Å². The lowest BCUT2D eigenvalue weighted by atomic mass is 10.1. The highest BCUT2D eigenvalue weighted by Crippen LogP contribution is 2.15. The molecule has 0 aliphatic rings. The average molecular weight is 406 g/mol. The van der Waals surface area contributed by atoms with Gasteiger partial charge in [0.05, 0.1) is 11.3 Å². The topological polar surface area (TPSA) is 70.2 Å². The summed E-state index contributed by atoms with van der Waals surface area (Å²) in [6.45, 7) is 2.37. The number of halogens is 1. The normalized spacial score (nSPS) is 9.92. The van der Waals surface area contributed by atoms with E-state index in [1.165, 1.54) is 0 Å². The molecule has 0 saturated heterocycles. The van der Waals surface area contributed by atoms with Gasteiger partial charge < -0.3 is 10.6 Å². The molecule has 3 N–H and O–H groups in total. The third-order valence-corrected chi connectivity index (χ3v) is 3.82. The van der Waals surface area contributed by atoms with E-state index in [4.69, 9.17) is 12.2 Å². The molecule has 2 amide bonds. The number of nitrogens with one attached hydrogen (secondary N) is 3. The van der Waals surface area contributed by atoms with Gasteiger partial charge in [0.2, 0.25) is 0 Å². The van der Waals surface area contributed by atoms with Crippen molar-refractivity contribution in [2.45, 2.75) is 6.92 Å².